The lowest BCUT2D eigenvalue weighted by molar-refractivity contribution is 0.0954. The number of rotatable bonds is 8. The number of methoxy groups -OCH3 is 1. The number of hydrogen-bond acceptors (Lipinski definition) is 3. The number of benzene rings is 1. The van der Waals surface area contributed by atoms with Crippen molar-refractivity contribution in [2.75, 3.05) is 33.8 Å². The molecule has 27 heavy (non-hydrogen) atoms. The van der Waals surface area contributed by atoms with E-state index in [1.807, 2.05) is 0 Å². The minimum absolute atomic E-state index is 0. The summed E-state index contributed by atoms with van der Waals surface area (Å²) < 4.78 is 5.10. The van der Waals surface area contributed by atoms with Crippen LogP contribution in [0.25, 0.3) is 0 Å². The summed E-state index contributed by atoms with van der Waals surface area (Å²) in [6.45, 7) is 4.39. The molecule has 1 aliphatic rings. The SMILES string of the molecule is CCC1(CNC(=NC)NCCNC(=O)c2ccc(OC)cc2)CCCC1.I. The molecule has 0 aromatic heterocycles. The van der Waals surface area contributed by atoms with Gasteiger partial charge >= 0.3 is 0 Å². The molecule has 1 aliphatic carbocycles. The van der Waals surface area contributed by atoms with E-state index < -0.39 is 0 Å². The number of ether oxygens (including phenoxy) is 1. The first-order valence-corrected chi connectivity index (χ1v) is 9.49. The lowest BCUT2D eigenvalue weighted by Gasteiger charge is -2.28. The maximum absolute atomic E-state index is 12.1. The maximum Gasteiger partial charge on any atom is 0.251 e. The van der Waals surface area contributed by atoms with E-state index >= 15 is 0 Å². The van der Waals surface area contributed by atoms with Crippen LogP contribution >= 0.6 is 24.0 Å². The van der Waals surface area contributed by atoms with Crippen molar-refractivity contribution in [3.8, 4) is 5.75 Å². The fourth-order valence-corrected chi connectivity index (χ4v) is 3.47. The average Bonchev–Trinajstić information content (AvgIpc) is 3.16. The van der Waals surface area contributed by atoms with Crippen molar-refractivity contribution in [1.29, 1.82) is 0 Å². The summed E-state index contributed by atoms with van der Waals surface area (Å²) in [7, 11) is 3.38. The monoisotopic (exact) mass is 488 g/mol. The van der Waals surface area contributed by atoms with Gasteiger partial charge in [-0.2, -0.15) is 0 Å². The first kappa shape index (κ1) is 23.5. The molecule has 1 saturated carbocycles. The van der Waals surface area contributed by atoms with Gasteiger partial charge in [-0.15, -0.1) is 24.0 Å². The molecule has 1 aromatic rings. The minimum atomic E-state index is -0.0895. The van der Waals surface area contributed by atoms with Gasteiger partial charge in [-0.3, -0.25) is 9.79 Å². The highest BCUT2D eigenvalue weighted by atomic mass is 127. The van der Waals surface area contributed by atoms with Crippen molar-refractivity contribution in [2.24, 2.45) is 10.4 Å². The van der Waals surface area contributed by atoms with E-state index in [0.717, 1.165) is 18.3 Å². The van der Waals surface area contributed by atoms with Crippen molar-refractivity contribution in [3.63, 3.8) is 0 Å². The van der Waals surface area contributed by atoms with Crippen LogP contribution < -0.4 is 20.7 Å². The standard InChI is InChI=1S/C20H32N4O2.HI/c1-4-20(11-5-6-12-20)15-24-19(21-2)23-14-13-22-18(25)16-7-9-17(26-3)10-8-16;/h7-10H,4-6,11-15H2,1-3H3,(H,22,25)(H2,21,23,24);1H. The molecule has 0 aliphatic heterocycles. The van der Waals surface area contributed by atoms with Gasteiger partial charge in [-0.25, -0.2) is 0 Å². The zero-order chi connectivity index (χ0) is 18.8. The second kappa shape index (κ2) is 12.0. The number of carbonyl (C=O) groups excluding carboxylic acids is 1. The molecule has 152 valence electrons. The predicted octanol–water partition coefficient (Wildman–Crippen LogP) is 3.18. The Morgan fingerprint density at radius 3 is 2.30 bits per heavy atom. The molecule has 1 aromatic carbocycles. The van der Waals surface area contributed by atoms with Gasteiger partial charge in [0.1, 0.15) is 5.75 Å². The summed E-state index contributed by atoms with van der Waals surface area (Å²) in [5.41, 5.74) is 1.04. The van der Waals surface area contributed by atoms with Crippen LogP contribution in [0.15, 0.2) is 29.3 Å². The van der Waals surface area contributed by atoms with Crippen LogP contribution in [-0.4, -0.2) is 45.7 Å². The molecular weight excluding hydrogens is 455 g/mol. The smallest absolute Gasteiger partial charge is 0.251 e. The highest BCUT2D eigenvalue weighted by Crippen LogP contribution is 2.40. The Labute approximate surface area is 179 Å². The Kier molecular flexibility index (Phi) is 10.5. The van der Waals surface area contributed by atoms with Gasteiger partial charge in [0.2, 0.25) is 0 Å². The summed E-state index contributed by atoms with van der Waals surface area (Å²) in [6, 6.07) is 7.08. The molecule has 1 fully saturated rings. The van der Waals surface area contributed by atoms with Crippen LogP contribution in [0.3, 0.4) is 0 Å². The van der Waals surface area contributed by atoms with Crippen molar-refractivity contribution in [2.45, 2.75) is 39.0 Å². The molecule has 0 bridgehead atoms. The van der Waals surface area contributed by atoms with E-state index in [1.165, 1.54) is 32.1 Å². The lowest BCUT2D eigenvalue weighted by atomic mass is 9.83. The quantitative estimate of drug-likeness (QED) is 0.228. The molecule has 0 heterocycles. The Balaban J connectivity index is 0.00000364. The van der Waals surface area contributed by atoms with Crippen molar-refractivity contribution < 1.29 is 9.53 Å². The largest absolute Gasteiger partial charge is 0.497 e. The van der Waals surface area contributed by atoms with Crippen LogP contribution in [0.5, 0.6) is 5.75 Å². The lowest BCUT2D eigenvalue weighted by Crippen LogP contribution is -2.45. The predicted molar refractivity (Wildman–Crippen MR) is 121 cm³/mol. The van der Waals surface area contributed by atoms with E-state index in [1.54, 1.807) is 38.4 Å². The molecular formula is C20H33IN4O2. The number of nitrogens with zero attached hydrogens (tertiary/aromatic N) is 1. The molecule has 1 amide bonds. The number of hydrogen-bond donors (Lipinski definition) is 3. The van der Waals surface area contributed by atoms with Gasteiger partial charge in [-0.1, -0.05) is 19.8 Å². The van der Waals surface area contributed by atoms with E-state index in [0.29, 0.717) is 24.1 Å². The van der Waals surface area contributed by atoms with Gasteiger partial charge in [0.05, 0.1) is 7.11 Å². The highest BCUT2D eigenvalue weighted by molar-refractivity contribution is 14.0. The van der Waals surface area contributed by atoms with E-state index in [9.17, 15) is 4.79 Å². The molecule has 0 saturated heterocycles. The molecule has 6 nitrogen and oxygen atoms in total. The van der Waals surface area contributed by atoms with Crippen molar-refractivity contribution in [3.05, 3.63) is 29.8 Å². The summed E-state index contributed by atoms with van der Waals surface area (Å²) in [5.74, 6) is 1.45. The van der Waals surface area contributed by atoms with Gasteiger partial charge in [0.15, 0.2) is 5.96 Å². The van der Waals surface area contributed by atoms with Gasteiger partial charge in [0, 0.05) is 32.2 Å². The normalized spacial score (nSPS) is 15.6. The van der Waals surface area contributed by atoms with Crippen molar-refractivity contribution in [1.82, 2.24) is 16.0 Å². The number of aliphatic imine (C=N–C) groups is 1. The molecule has 0 unspecified atom stereocenters. The third-order valence-corrected chi connectivity index (χ3v) is 5.32. The number of guanidine groups is 1. The third-order valence-electron chi connectivity index (χ3n) is 5.32. The minimum Gasteiger partial charge on any atom is -0.497 e. The Hall–Kier alpha value is -1.51. The van der Waals surface area contributed by atoms with Gasteiger partial charge < -0.3 is 20.7 Å². The summed E-state index contributed by atoms with van der Waals surface area (Å²) in [5, 5.41) is 9.62. The highest BCUT2D eigenvalue weighted by Gasteiger charge is 2.31. The Morgan fingerprint density at radius 2 is 1.74 bits per heavy atom. The number of halogens is 1. The summed E-state index contributed by atoms with van der Waals surface area (Å²) in [6.07, 6.45) is 6.46. The maximum atomic E-state index is 12.1. The molecule has 0 atom stereocenters. The first-order chi connectivity index (χ1) is 12.6. The van der Waals surface area contributed by atoms with Crippen LogP contribution in [0.1, 0.15) is 49.4 Å². The third kappa shape index (κ3) is 7.20. The molecule has 0 spiro atoms. The Morgan fingerprint density at radius 1 is 1.11 bits per heavy atom. The summed E-state index contributed by atoms with van der Waals surface area (Å²) >= 11 is 0. The van der Waals surface area contributed by atoms with Crippen molar-refractivity contribution >= 4 is 35.8 Å². The van der Waals surface area contributed by atoms with Crippen LogP contribution in [0.2, 0.25) is 0 Å². The fourth-order valence-electron chi connectivity index (χ4n) is 3.47. The molecule has 7 heteroatoms. The molecule has 2 rings (SSSR count). The van der Waals surface area contributed by atoms with Crippen LogP contribution in [0, 0.1) is 5.41 Å². The van der Waals surface area contributed by atoms with E-state index in [2.05, 4.69) is 27.9 Å². The molecule has 0 radical (unpaired) electrons. The zero-order valence-electron chi connectivity index (χ0n) is 16.6. The number of carbonyl (C=O) groups is 1. The zero-order valence-corrected chi connectivity index (χ0v) is 19.0. The van der Waals surface area contributed by atoms with E-state index in [-0.39, 0.29) is 29.9 Å². The Bertz CT molecular complexity index is 599. The number of amides is 1. The first-order valence-electron chi connectivity index (χ1n) is 9.49. The van der Waals surface area contributed by atoms with E-state index in [4.69, 9.17) is 4.74 Å². The fraction of sp³-hybridized carbons (Fsp3) is 0.600. The van der Waals surface area contributed by atoms with Gasteiger partial charge in [-0.05, 0) is 48.9 Å². The molecule has 3 N–H and O–H groups in total. The number of nitrogens with one attached hydrogen (secondary N) is 3. The van der Waals surface area contributed by atoms with Gasteiger partial charge in [0.25, 0.3) is 5.91 Å². The second-order valence-electron chi connectivity index (χ2n) is 6.90. The van der Waals surface area contributed by atoms with Crippen LogP contribution in [-0.2, 0) is 0 Å². The average molecular weight is 488 g/mol. The topological polar surface area (TPSA) is 74.8 Å². The summed E-state index contributed by atoms with van der Waals surface area (Å²) in [4.78, 5) is 16.4. The van der Waals surface area contributed by atoms with Crippen LogP contribution in [0.4, 0.5) is 0 Å². The second-order valence-corrected chi connectivity index (χ2v) is 6.90.